The minimum Gasteiger partial charge on any atom is -0.271 e. The molecule has 9 rings (SSSR count). The molecule has 0 saturated carbocycles. The van der Waals surface area contributed by atoms with E-state index < -0.39 is 0 Å². The van der Waals surface area contributed by atoms with E-state index in [4.69, 9.17) is 0 Å². The quantitative estimate of drug-likeness (QED) is 0.0342. The average molecular weight is 766 g/mol. The Hall–Kier alpha value is -6.21. The molecule has 0 spiro atoms. The molecule has 2 aliphatic rings. The third-order valence-corrected chi connectivity index (χ3v) is 12.3. The highest BCUT2D eigenvalue weighted by molar-refractivity contribution is 6.41. The lowest BCUT2D eigenvalue weighted by Crippen LogP contribution is -2.47. The summed E-state index contributed by atoms with van der Waals surface area (Å²) in [6.45, 7) is 4.53. The molecule has 0 unspecified atom stereocenters. The second-order valence-corrected chi connectivity index (χ2v) is 16.0. The van der Waals surface area contributed by atoms with Crippen LogP contribution in [0.3, 0.4) is 0 Å². The van der Waals surface area contributed by atoms with Crippen LogP contribution in [-0.2, 0) is 6.54 Å². The zero-order valence-corrected chi connectivity index (χ0v) is 33.2. The van der Waals surface area contributed by atoms with Crippen molar-refractivity contribution in [2.24, 2.45) is 4.99 Å². The molecule has 0 aliphatic carbocycles. The highest BCUT2D eigenvalue weighted by atomic mass is 16.2. The van der Waals surface area contributed by atoms with Gasteiger partial charge < -0.3 is 0 Å². The van der Waals surface area contributed by atoms with E-state index in [0.29, 0.717) is 33.0 Å². The molecule has 0 atom stereocenters. The summed E-state index contributed by atoms with van der Waals surface area (Å²) in [6.07, 6.45) is 12.2. The Labute approximate surface area is 338 Å². The van der Waals surface area contributed by atoms with Crippen molar-refractivity contribution in [1.29, 1.82) is 0 Å². The number of benzene rings is 7. The van der Waals surface area contributed by atoms with Gasteiger partial charge in [-0.25, -0.2) is 0 Å². The molecule has 0 fully saturated rings. The molecule has 4 amide bonds. The molecule has 2 heterocycles. The fraction of sp³-hybridized carbons (Fsp3) is 0.275. The largest absolute Gasteiger partial charge is 0.271 e. The molecule has 0 N–H and O–H groups in total. The summed E-state index contributed by atoms with van der Waals surface area (Å²) in [5.74, 6) is -1.08. The number of unbranched alkanes of at least 4 members (excludes halogenated alkanes) is 6. The molecule has 7 aromatic rings. The lowest BCUT2D eigenvalue weighted by Gasteiger charge is -2.35. The number of carbonyl (C=O) groups is 4. The van der Waals surface area contributed by atoms with Gasteiger partial charge >= 0.3 is 0 Å². The van der Waals surface area contributed by atoms with E-state index in [-0.39, 0.29) is 36.2 Å². The van der Waals surface area contributed by atoms with Crippen molar-refractivity contribution < 1.29 is 19.2 Å². The fourth-order valence-corrected chi connectivity index (χ4v) is 9.38. The van der Waals surface area contributed by atoms with Crippen LogP contribution in [0.2, 0.25) is 0 Å². The average Bonchev–Trinajstić information content (AvgIpc) is 3.25. The molecular formula is C51H47N3O4. The molecule has 0 saturated heterocycles. The second kappa shape index (κ2) is 15.6. The Kier molecular flexibility index (Phi) is 10.1. The van der Waals surface area contributed by atoms with Crippen molar-refractivity contribution in [3.63, 3.8) is 0 Å². The third kappa shape index (κ3) is 6.33. The molecule has 7 aromatic carbocycles. The molecule has 58 heavy (non-hydrogen) atoms. The lowest BCUT2D eigenvalue weighted by molar-refractivity contribution is 0.0514. The Morgan fingerprint density at radius 2 is 0.966 bits per heavy atom. The molecule has 2 aliphatic heterocycles. The molecule has 0 radical (unpaired) electrons. The normalized spacial score (nSPS) is 14.3. The van der Waals surface area contributed by atoms with Gasteiger partial charge in [0, 0.05) is 45.3 Å². The first-order valence-corrected chi connectivity index (χ1v) is 21.0. The molecular weight excluding hydrogens is 719 g/mol. The highest BCUT2D eigenvalue weighted by Gasteiger charge is 2.39. The van der Waals surface area contributed by atoms with Crippen LogP contribution in [0.5, 0.6) is 0 Å². The number of para-hydroxylation sites is 1. The standard InChI is InChI=1S/C51H47N3O4/c1-3-5-7-12-16-35(17-13-8-6-4-2)54-50(57)42-28-24-38-36-22-26-40-46-41(27-23-37(44(36)46)39-25-29-43(51(54)58)47(42)45(38)39)49(56)53(48(40)55)31-33-20-18-32(19-21-33)30-52-34-14-10-9-11-15-34/h9-11,14-15,18-30,35H,3-8,12-13,16-17,31H2,1-2H3/b52-30-. The summed E-state index contributed by atoms with van der Waals surface area (Å²) in [5.41, 5.74) is 4.72. The molecule has 7 nitrogen and oxygen atoms in total. The number of carbonyl (C=O) groups excluding carboxylic acids is 4. The van der Waals surface area contributed by atoms with Crippen molar-refractivity contribution in [3.8, 4) is 0 Å². The van der Waals surface area contributed by atoms with E-state index in [1.54, 1.807) is 11.1 Å². The smallest absolute Gasteiger partial charge is 0.261 e. The summed E-state index contributed by atoms with van der Waals surface area (Å²) in [5, 5.41) is 6.66. The maximum atomic E-state index is 14.5. The number of rotatable bonds is 15. The lowest BCUT2D eigenvalue weighted by atomic mass is 9.82. The van der Waals surface area contributed by atoms with Gasteiger partial charge in [0.15, 0.2) is 0 Å². The summed E-state index contributed by atoms with van der Waals surface area (Å²) >= 11 is 0. The zero-order valence-electron chi connectivity index (χ0n) is 33.2. The van der Waals surface area contributed by atoms with E-state index in [9.17, 15) is 19.2 Å². The number of hydrogen-bond donors (Lipinski definition) is 0. The van der Waals surface area contributed by atoms with Crippen LogP contribution in [0.1, 0.15) is 131 Å². The summed E-state index contributed by atoms with van der Waals surface area (Å²) in [4.78, 5) is 64.8. The van der Waals surface area contributed by atoms with Gasteiger partial charge in [0.1, 0.15) is 0 Å². The second-order valence-electron chi connectivity index (χ2n) is 16.0. The third-order valence-electron chi connectivity index (χ3n) is 12.3. The Morgan fingerprint density at radius 1 is 0.500 bits per heavy atom. The van der Waals surface area contributed by atoms with Crippen LogP contribution in [0, 0.1) is 0 Å². The number of aliphatic imine (C=N–C) groups is 1. The number of hydrogen-bond acceptors (Lipinski definition) is 5. The molecule has 0 aromatic heterocycles. The van der Waals surface area contributed by atoms with Crippen LogP contribution in [0.25, 0.3) is 43.1 Å². The van der Waals surface area contributed by atoms with Crippen LogP contribution in [-0.4, -0.2) is 45.7 Å². The van der Waals surface area contributed by atoms with Crippen LogP contribution in [0.4, 0.5) is 5.69 Å². The number of amides is 4. The Balaban J connectivity index is 1.06. The van der Waals surface area contributed by atoms with E-state index in [0.717, 1.165) is 113 Å². The summed E-state index contributed by atoms with van der Waals surface area (Å²) in [6, 6.07) is 32.7. The van der Waals surface area contributed by atoms with Crippen LogP contribution < -0.4 is 0 Å². The van der Waals surface area contributed by atoms with E-state index in [1.165, 1.54) is 4.90 Å². The van der Waals surface area contributed by atoms with Gasteiger partial charge in [-0.05, 0) is 92.7 Å². The van der Waals surface area contributed by atoms with Gasteiger partial charge in [-0.15, -0.1) is 0 Å². The first kappa shape index (κ1) is 37.4. The first-order chi connectivity index (χ1) is 28.4. The minimum absolute atomic E-state index is 0.130. The van der Waals surface area contributed by atoms with Crippen molar-refractivity contribution in [2.45, 2.75) is 90.6 Å². The van der Waals surface area contributed by atoms with Crippen molar-refractivity contribution in [3.05, 3.63) is 137 Å². The Bertz CT molecular complexity index is 2640. The molecule has 7 heteroatoms. The molecule has 0 bridgehead atoms. The summed E-state index contributed by atoms with van der Waals surface area (Å²) in [7, 11) is 0. The molecule has 290 valence electrons. The maximum Gasteiger partial charge on any atom is 0.261 e. The Morgan fingerprint density at radius 3 is 1.43 bits per heavy atom. The van der Waals surface area contributed by atoms with E-state index >= 15 is 0 Å². The summed E-state index contributed by atoms with van der Waals surface area (Å²) < 4.78 is 0. The van der Waals surface area contributed by atoms with Gasteiger partial charge in [0.25, 0.3) is 23.6 Å². The van der Waals surface area contributed by atoms with Gasteiger partial charge in [-0.3, -0.25) is 34.0 Å². The van der Waals surface area contributed by atoms with E-state index in [1.807, 2.05) is 103 Å². The monoisotopic (exact) mass is 765 g/mol. The van der Waals surface area contributed by atoms with Crippen molar-refractivity contribution in [1.82, 2.24) is 9.80 Å². The predicted molar refractivity (Wildman–Crippen MR) is 234 cm³/mol. The number of nitrogens with zero attached hydrogens (tertiary/aromatic N) is 3. The fourth-order valence-electron chi connectivity index (χ4n) is 9.38. The van der Waals surface area contributed by atoms with E-state index in [2.05, 4.69) is 18.8 Å². The van der Waals surface area contributed by atoms with Crippen molar-refractivity contribution >= 4 is 78.6 Å². The minimum atomic E-state index is -0.331. The van der Waals surface area contributed by atoms with Gasteiger partial charge in [0.05, 0.1) is 12.2 Å². The number of imide groups is 2. The van der Waals surface area contributed by atoms with Gasteiger partial charge in [-0.1, -0.05) is 132 Å². The SMILES string of the molecule is CCCCCCC(CCCCCC)N1C(=O)c2ccc3c4ccc5c6c(ccc(c7ccc(c2c37)C1=O)c64)C(=O)N(Cc1ccc(/C=N\c2ccccc2)cc1)C5=O. The van der Waals surface area contributed by atoms with Gasteiger partial charge in [-0.2, -0.15) is 0 Å². The highest BCUT2D eigenvalue weighted by Crippen LogP contribution is 2.46. The zero-order chi connectivity index (χ0) is 39.9. The van der Waals surface area contributed by atoms with Crippen molar-refractivity contribution in [2.75, 3.05) is 0 Å². The predicted octanol–water partition coefficient (Wildman–Crippen LogP) is 12.2. The first-order valence-electron chi connectivity index (χ1n) is 21.0. The maximum absolute atomic E-state index is 14.5. The van der Waals surface area contributed by atoms with Gasteiger partial charge in [0.2, 0.25) is 0 Å². The number of fused-ring (bicyclic) bond motifs is 2. The van der Waals surface area contributed by atoms with Crippen LogP contribution in [0.15, 0.2) is 108 Å². The topological polar surface area (TPSA) is 87.1 Å². The van der Waals surface area contributed by atoms with Crippen LogP contribution >= 0.6 is 0 Å².